The first-order valence-corrected chi connectivity index (χ1v) is 11.2. The lowest BCUT2D eigenvalue weighted by Crippen LogP contribution is -2.35. The number of nitro groups is 1. The van der Waals surface area contributed by atoms with Gasteiger partial charge in [0.25, 0.3) is 11.6 Å². The molecule has 3 N–H and O–H groups in total. The Morgan fingerprint density at radius 3 is 2.12 bits per heavy atom. The number of rotatable bonds is 6. The van der Waals surface area contributed by atoms with E-state index in [1.54, 1.807) is 12.3 Å². The summed E-state index contributed by atoms with van der Waals surface area (Å²) in [7, 11) is 0. The number of hydrazone groups is 1. The molecule has 0 radical (unpaired) electrons. The van der Waals surface area contributed by atoms with Crippen LogP contribution in [0.4, 0.5) is 23.0 Å². The molecule has 0 saturated carbocycles. The SMILES string of the molecule is CC1CCN(c2cc(N3CCC(C)CC3)c([N+](=O)[O-])cc2C=NNc2nncn2N)CC1.Cl.Cl. The molecule has 3 heterocycles. The molecule has 2 fully saturated rings. The lowest BCUT2D eigenvalue weighted by molar-refractivity contribution is -0.384. The molecule has 0 unspecified atom stereocenters. The van der Waals surface area contributed by atoms with Crippen molar-refractivity contribution in [3.63, 3.8) is 0 Å². The zero-order chi connectivity index (χ0) is 22.7. The minimum atomic E-state index is -0.295. The van der Waals surface area contributed by atoms with Gasteiger partial charge in [-0.1, -0.05) is 13.8 Å². The van der Waals surface area contributed by atoms with Crippen molar-refractivity contribution >= 4 is 54.0 Å². The lowest BCUT2D eigenvalue weighted by Gasteiger charge is -2.35. The van der Waals surface area contributed by atoms with Gasteiger partial charge in [-0.3, -0.25) is 10.1 Å². The summed E-state index contributed by atoms with van der Waals surface area (Å²) in [5.41, 5.74) is 5.21. The van der Waals surface area contributed by atoms with E-state index in [2.05, 4.69) is 44.4 Å². The zero-order valence-electron chi connectivity index (χ0n) is 19.5. The minimum Gasteiger partial charge on any atom is -0.371 e. The summed E-state index contributed by atoms with van der Waals surface area (Å²) in [6, 6.07) is 3.62. The number of piperidine rings is 2. The number of halogens is 2. The summed E-state index contributed by atoms with van der Waals surface area (Å²) < 4.78 is 1.22. The Balaban J connectivity index is 0.00000204. The van der Waals surface area contributed by atoms with Crippen LogP contribution in [0.3, 0.4) is 0 Å². The number of aromatic nitrogens is 3. The van der Waals surface area contributed by atoms with Crippen molar-refractivity contribution in [2.75, 3.05) is 47.2 Å². The molecule has 11 nitrogen and oxygen atoms in total. The van der Waals surface area contributed by atoms with Crippen LogP contribution in [0.15, 0.2) is 23.6 Å². The predicted octanol–water partition coefficient (Wildman–Crippen LogP) is 3.66. The first-order valence-electron chi connectivity index (χ1n) is 11.2. The summed E-state index contributed by atoms with van der Waals surface area (Å²) in [6.45, 7) is 8.00. The largest absolute Gasteiger partial charge is 0.371 e. The molecule has 0 amide bonds. The third-order valence-electron chi connectivity index (χ3n) is 6.51. The molecule has 188 valence electrons. The first kappa shape index (κ1) is 27.5. The van der Waals surface area contributed by atoms with Crippen LogP contribution >= 0.6 is 24.8 Å². The van der Waals surface area contributed by atoms with Crippen LogP contribution in [-0.2, 0) is 0 Å². The van der Waals surface area contributed by atoms with Gasteiger partial charge in [0.15, 0.2) is 0 Å². The highest BCUT2D eigenvalue weighted by Crippen LogP contribution is 2.38. The van der Waals surface area contributed by atoms with Crippen molar-refractivity contribution in [3.8, 4) is 0 Å². The summed E-state index contributed by atoms with van der Waals surface area (Å²) in [5.74, 6) is 7.32. The molecular weight excluding hydrogens is 481 g/mol. The second kappa shape index (κ2) is 12.1. The fourth-order valence-corrected chi connectivity index (χ4v) is 4.34. The van der Waals surface area contributed by atoms with Crippen molar-refractivity contribution < 1.29 is 4.92 Å². The van der Waals surface area contributed by atoms with Gasteiger partial charge >= 0.3 is 0 Å². The lowest BCUT2D eigenvalue weighted by atomic mass is 9.96. The molecule has 0 spiro atoms. The summed E-state index contributed by atoms with van der Waals surface area (Å²) in [5, 5.41) is 23.7. The molecule has 1 aromatic heterocycles. The highest BCUT2D eigenvalue weighted by Gasteiger charge is 2.27. The van der Waals surface area contributed by atoms with Gasteiger partial charge in [-0.25, -0.2) is 10.1 Å². The zero-order valence-corrected chi connectivity index (χ0v) is 21.1. The number of nitrogens with zero attached hydrogens (tertiary/aromatic N) is 7. The van der Waals surface area contributed by atoms with E-state index in [0.717, 1.165) is 57.5 Å². The van der Waals surface area contributed by atoms with Crippen molar-refractivity contribution in [2.45, 2.75) is 39.5 Å². The van der Waals surface area contributed by atoms with Gasteiger partial charge in [-0.15, -0.1) is 35.0 Å². The van der Waals surface area contributed by atoms with Crippen LogP contribution in [0.5, 0.6) is 0 Å². The molecule has 2 saturated heterocycles. The fourth-order valence-electron chi connectivity index (χ4n) is 4.34. The Bertz CT molecular complexity index is 985. The molecule has 34 heavy (non-hydrogen) atoms. The molecule has 0 atom stereocenters. The maximum atomic E-state index is 12.0. The Kier molecular flexibility index (Phi) is 9.75. The third-order valence-corrected chi connectivity index (χ3v) is 6.51. The van der Waals surface area contributed by atoms with Crippen molar-refractivity contribution in [1.82, 2.24) is 14.9 Å². The standard InChI is InChI=1S/C21H31N9O2.2ClH/c1-15-3-7-27(8-4-15)18-12-19(28-9-5-16(2)6-10-28)20(30(31)32)11-17(18)13-23-25-21-26-24-14-29(21)22;;/h11-16H,3-10,22H2,1-2H3,(H,25,26);2*1H. The van der Waals surface area contributed by atoms with Gasteiger partial charge in [-0.2, -0.15) is 5.10 Å². The van der Waals surface area contributed by atoms with Gasteiger partial charge in [0.1, 0.15) is 12.0 Å². The van der Waals surface area contributed by atoms with E-state index in [0.29, 0.717) is 23.1 Å². The normalized spacial score (nSPS) is 17.4. The quantitative estimate of drug-likeness (QED) is 0.259. The number of benzene rings is 1. The fraction of sp³-hybridized carbons (Fsp3) is 0.571. The number of nitrogen functional groups attached to an aromatic ring is 1. The van der Waals surface area contributed by atoms with Crippen molar-refractivity contribution in [1.29, 1.82) is 0 Å². The van der Waals surface area contributed by atoms with Gasteiger partial charge in [0.05, 0.1) is 11.1 Å². The molecule has 4 rings (SSSR count). The van der Waals surface area contributed by atoms with Crippen LogP contribution in [0, 0.1) is 22.0 Å². The topological polar surface area (TPSA) is 131 Å². The van der Waals surface area contributed by atoms with Gasteiger partial charge in [0.2, 0.25) is 0 Å². The van der Waals surface area contributed by atoms with Crippen LogP contribution in [0.1, 0.15) is 45.1 Å². The molecule has 0 aliphatic carbocycles. The smallest absolute Gasteiger partial charge is 0.293 e. The van der Waals surface area contributed by atoms with E-state index in [4.69, 9.17) is 5.84 Å². The van der Waals surface area contributed by atoms with E-state index in [1.807, 2.05) is 6.07 Å². The number of hydrogen-bond donors (Lipinski definition) is 2. The van der Waals surface area contributed by atoms with E-state index >= 15 is 0 Å². The van der Waals surface area contributed by atoms with Crippen LogP contribution in [-0.4, -0.2) is 52.2 Å². The second-order valence-electron chi connectivity index (χ2n) is 8.93. The maximum absolute atomic E-state index is 12.0. The number of anilines is 3. The molecule has 0 bridgehead atoms. The van der Waals surface area contributed by atoms with E-state index in [9.17, 15) is 10.1 Å². The second-order valence-corrected chi connectivity index (χ2v) is 8.93. The van der Waals surface area contributed by atoms with E-state index < -0.39 is 0 Å². The number of nitrogens with two attached hydrogens (primary N) is 1. The molecule has 13 heteroatoms. The predicted molar refractivity (Wildman–Crippen MR) is 140 cm³/mol. The van der Waals surface area contributed by atoms with Crippen LogP contribution in [0.25, 0.3) is 0 Å². The molecule has 2 aliphatic rings. The third kappa shape index (κ3) is 6.20. The van der Waals surface area contributed by atoms with E-state index in [-0.39, 0.29) is 41.4 Å². The molecule has 2 aliphatic heterocycles. The summed E-state index contributed by atoms with van der Waals surface area (Å²) in [6.07, 6.45) is 7.23. The molecular formula is C21H33Cl2N9O2. The Morgan fingerprint density at radius 1 is 1.06 bits per heavy atom. The van der Waals surface area contributed by atoms with Crippen molar-refractivity contribution in [3.05, 3.63) is 34.1 Å². The summed E-state index contributed by atoms with van der Waals surface area (Å²) in [4.78, 5) is 16.2. The number of hydrogen-bond acceptors (Lipinski definition) is 9. The van der Waals surface area contributed by atoms with Gasteiger partial charge in [0, 0.05) is 43.5 Å². The van der Waals surface area contributed by atoms with Gasteiger partial charge in [-0.05, 0) is 43.6 Å². The average Bonchev–Trinajstić information content (AvgIpc) is 3.19. The summed E-state index contributed by atoms with van der Waals surface area (Å²) >= 11 is 0. The minimum absolute atomic E-state index is 0. The van der Waals surface area contributed by atoms with E-state index in [1.165, 1.54) is 11.0 Å². The van der Waals surface area contributed by atoms with Crippen LogP contribution in [0.2, 0.25) is 0 Å². The Labute approximate surface area is 211 Å². The van der Waals surface area contributed by atoms with Crippen molar-refractivity contribution in [2.24, 2.45) is 16.9 Å². The Hall–Kier alpha value is -2.79. The number of nitrogens with one attached hydrogen (secondary N) is 1. The Morgan fingerprint density at radius 2 is 1.62 bits per heavy atom. The molecule has 1 aromatic carbocycles. The number of nitro benzene ring substituents is 1. The molecule has 2 aromatic rings. The highest BCUT2D eigenvalue weighted by molar-refractivity contribution is 5.92. The maximum Gasteiger partial charge on any atom is 0.293 e. The van der Waals surface area contributed by atoms with Crippen LogP contribution < -0.4 is 21.1 Å². The first-order chi connectivity index (χ1) is 15.4. The average molecular weight is 514 g/mol. The monoisotopic (exact) mass is 513 g/mol. The van der Waals surface area contributed by atoms with Gasteiger partial charge < -0.3 is 15.6 Å². The highest BCUT2D eigenvalue weighted by atomic mass is 35.5.